The van der Waals surface area contributed by atoms with Gasteiger partial charge < -0.3 is 10.5 Å². The van der Waals surface area contributed by atoms with Gasteiger partial charge in [0.25, 0.3) is 0 Å². The molecule has 0 saturated heterocycles. The maximum Gasteiger partial charge on any atom is 0.180 e. The summed E-state index contributed by atoms with van der Waals surface area (Å²) in [5, 5.41) is 2.51. The van der Waals surface area contributed by atoms with Crippen molar-refractivity contribution in [2.75, 3.05) is 24.3 Å². The zero-order chi connectivity index (χ0) is 12.8. The molecular formula is C12H15N3OS2. The minimum absolute atomic E-state index is 0.508. The molecule has 2 aromatic heterocycles. The highest BCUT2D eigenvalue weighted by molar-refractivity contribution is 7.98. The van der Waals surface area contributed by atoms with E-state index in [4.69, 9.17) is 10.5 Å². The van der Waals surface area contributed by atoms with Crippen LogP contribution in [0.4, 0.5) is 5.13 Å². The molecule has 2 N–H and O–H groups in total. The van der Waals surface area contributed by atoms with Crippen LogP contribution in [-0.4, -0.2) is 28.6 Å². The number of anilines is 1. The van der Waals surface area contributed by atoms with E-state index in [2.05, 4.69) is 16.2 Å². The molecule has 4 nitrogen and oxygen atoms in total. The van der Waals surface area contributed by atoms with Crippen LogP contribution < -0.4 is 5.73 Å². The normalized spacial score (nSPS) is 10.7. The van der Waals surface area contributed by atoms with Gasteiger partial charge in [-0.15, -0.1) is 11.3 Å². The molecule has 0 aliphatic carbocycles. The first kappa shape index (κ1) is 13.3. The van der Waals surface area contributed by atoms with Gasteiger partial charge in [0.05, 0.1) is 24.6 Å². The van der Waals surface area contributed by atoms with E-state index in [0.717, 1.165) is 29.3 Å². The zero-order valence-electron chi connectivity index (χ0n) is 10.1. The number of aromatic nitrogens is 2. The number of thioether (sulfide) groups is 1. The number of ether oxygens (including phenoxy) is 1. The maximum atomic E-state index is 5.66. The predicted molar refractivity (Wildman–Crippen MR) is 77.8 cm³/mol. The van der Waals surface area contributed by atoms with Crippen molar-refractivity contribution >= 4 is 28.2 Å². The quantitative estimate of drug-likeness (QED) is 0.825. The van der Waals surface area contributed by atoms with Gasteiger partial charge in [-0.25, -0.2) is 4.98 Å². The van der Waals surface area contributed by atoms with Crippen LogP contribution in [0.25, 0.3) is 11.3 Å². The summed E-state index contributed by atoms with van der Waals surface area (Å²) in [6.45, 7) is 1.24. The lowest BCUT2D eigenvalue weighted by Gasteiger charge is -2.06. The second kappa shape index (κ2) is 6.72. The predicted octanol–water partition coefficient (Wildman–Crippen LogP) is 2.67. The van der Waals surface area contributed by atoms with Crippen molar-refractivity contribution in [1.29, 1.82) is 0 Å². The first-order chi connectivity index (χ1) is 8.81. The first-order valence-corrected chi connectivity index (χ1v) is 7.80. The number of nitrogens with two attached hydrogens (primary N) is 1. The maximum absolute atomic E-state index is 5.66. The van der Waals surface area contributed by atoms with Gasteiger partial charge >= 0.3 is 0 Å². The monoisotopic (exact) mass is 281 g/mol. The molecule has 96 valence electrons. The molecule has 0 aliphatic heterocycles. The summed E-state index contributed by atoms with van der Waals surface area (Å²) >= 11 is 3.20. The third-order valence-corrected chi connectivity index (χ3v) is 3.61. The second-order valence-electron chi connectivity index (χ2n) is 3.61. The average molecular weight is 281 g/mol. The van der Waals surface area contributed by atoms with E-state index >= 15 is 0 Å². The van der Waals surface area contributed by atoms with Crippen molar-refractivity contribution < 1.29 is 4.74 Å². The molecule has 0 atom stereocenters. The number of nitrogen functional groups attached to an aromatic ring is 1. The van der Waals surface area contributed by atoms with E-state index in [1.165, 1.54) is 11.3 Å². The fraction of sp³-hybridized carbons (Fsp3) is 0.333. The number of pyridine rings is 1. The highest BCUT2D eigenvalue weighted by atomic mass is 32.2. The van der Waals surface area contributed by atoms with Crippen LogP contribution >= 0.6 is 23.1 Å². The second-order valence-corrected chi connectivity index (χ2v) is 5.49. The van der Waals surface area contributed by atoms with Gasteiger partial charge in [-0.3, -0.25) is 4.98 Å². The Balaban J connectivity index is 2.10. The summed E-state index contributed by atoms with van der Waals surface area (Å²) in [6.07, 6.45) is 3.83. The van der Waals surface area contributed by atoms with Crippen molar-refractivity contribution in [3.05, 3.63) is 29.4 Å². The number of hydrogen-bond acceptors (Lipinski definition) is 6. The van der Waals surface area contributed by atoms with Crippen LogP contribution in [0.1, 0.15) is 5.69 Å². The molecule has 0 fully saturated rings. The third-order valence-electron chi connectivity index (χ3n) is 2.36. The standard InChI is InChI=1S/C12H15N3OS2/c1-17-6-5-16-7-10-9(3-2-4-14-10)11-8-18-12(13)15-11/h2-4,8H,5-7H2,1H3,(H2,13,15). The van der Waals surface area contributed by atoms with Crippen molar-refractivity contribution in [1.82, 2.24) is 9.97 Å². The minimum Gasteiger partial charge on any atom is -0.375 e. The summed E-state index contributed by atoms with van der Waals surface area (Å²) < 4.78 is 5.59. The molecule has 0 amide bonds. The number of nitrogens with zero attached hydrogens (tertiary/aromatic N) is 2. The molecule has 0 spiro atoms. The van der Waals surface area contributed by atoms with Crippen molar-refractivity contribution in [2.45, 2.75) is 6.61 Å². The van der Waals surface area contributed by atoms with Crippen LogP contribution in [-0.2, 0) is 11.3 Å². The van der Waals surface area contributed by atoms with E-state index in [0.29, 0.717) is 11.7 Å². The largest absolute Gasteiger partial charge is 0.375 e. The van der Waals surface area contributed by atoms with Crippen LogP contribution in [0.5, 0.6) is 0 Å². The first-order valence-electron chi connectivity index (χ1n) is 5.53. The lowest BCUT2D eigenvalue weighted by Crippen LogP contribution is -2.01. The molecule has 2 rings (SSSR count). The lowest BCUT2D eigenvalue weighted by atomic mass is 10.1. The Bertz CT molecular complexity index is 502. The average Bonchev–Trinajstić information content (AvgIpc) is 2.82. The van der Waals surface area contributed by atoms with Gasteiger partial charge in [-0.2, -0.15) is 11.8 Å². The van der Waals surface area contributed by atoms with Crippen molar-refractivity contribution in [3.8, 4) is 11.3 Å². The van der Waals surface area contributed by atoms with E-state index in [1.807, 2.05) is 17.5 Å². The number of hydrogen-bond donors (Lipinski definition) is 1. The summed E-state index contributed by atoms with van der Waals surface area (Å²) in [5.74, 6) is 0.992. The fourth-order valence-electron chi connectivity index (χ4n) is 1.51. The Morgan fingerprint density at radius 1 is 1.50 bits per heavy atom. The van der Waals surface area contributed by atoms with Crippen molar-refractivity contribution in [3.63, 3.8) is 0 Å². The Labute approximate surface area is 115 Å². The summed E-state index contributed by atoms with van der Waals surface area (Å²) in [4.78, 5) is 8.64. The Morgan fingerprint density at radius 2 is 2.39 bits per heavy atom. The lowest BCUT2D eigenvalue weighted by molar-refractivity contribution is 0.134. The van der Waals surface area contributed by atoms with Gasteiger partial charge in [-0.1, -0.05) is 0 Å². The Morgan fingerprint density at radius 3 is 3.11 bits per heavy atom. The molecule has 0 aliphatic rings. The molecule has 2 aromatic rings. The van der Waals surface area contributed by atoms with Crippen LogP contribution in [0.3, 0.4) is 0 Å². The summed E-state index contributed by atoms with van der Waals surface area (Å²) in [7, 11) is 0. The van der Waals surface area contributed by atoms with Gasteiger partial charge in [0, 0.05) is 22.9 Å². The molecule has 0 unspecified atom stereocenters. The van der Waals surface area contributed by atoms with Gasteiger partial charge in [0.2, 0.25) is 0 Å². The Hall–Kier alpha value is -1.11. The fourth-order valence-corrected chi connectivity index (χ4v) is 2.36. The number of thiazole rings is 1. The van der Waals surface area contributed by atoms with Gasteiger partial charge in [-0.05, 0) is 18.4 Å². The SMILES string of the molecule is CSCCOCc1ncccc1-c1csc(N)n1. The molecule has 0 bridgehead atoms. The zero-order valence-corrected chi connectivity index (χ0v) is 11.8. The molecule has 6 heteroatoms. The van der Waals surface area contributed by atoms with Gasteiger partial charge in [0.1, 0.15) is 0 Å². The highest BCUT2D eigenvalue weighted by Gasteiger charge is 2.09. The van der Waals surface area contributed by atoms with Crippen LogP contribution in [0.2, 0.25) is 0 Å². The molecule has 18 heavy (non-hydrogen) atoms. The topological polar surface area (TPSA) is 61.0 Å². The summed E-state index contributed by atoms with van der Waals surface area (Å²) in [5.41, 5.74) is 8.43. The van der Waals surface area contributed by atoms with E-state index in [9.17, 15) is 0 Å². The van der Waals surface area contributed by atoms with E-state index in [-0.39, 0.29) is 0 Å². The molecule has 0 radical (unpaired) electrons. The summed E-state index contributed by atoms with van der Waals surface area (Å²) in [6, 6.07) is 3.89. The minimum atomic E-state index is 0.508. The van der Waals surface area contributed by atoms with Crippen LogP contribution in [0.15, 0.2) is 23.7 Å². The van der Waals surface area contributed by atoms with Crippen LogP contribution in [0, 0.1) is 0 Å². The third kappa shape index (κ3) is 3.44. The van der Waals surface area contributed by atoms with E-state index < -0.39 is 0 Å². The smallest absolute Gasteiger partial charge is 0.180 e. The van der Waals surface area contributed by atoms with E-state index in [1.54, 1.807) is 18.0 Å². The molecular weight excluding hydrogens is 266 g/mol. The molecule has 0 aromatic carbocycles. The number of rotatable bonds is 6. The highest BCUT2D eigenvalue weighted by Crippen LogP contribution is 2.25. The molecule has 0 saturated carbocycles. The van der Waals surface area contributed by atoms with Gasteiger partial charge in [0.15, 0.2) is 5.13 Å². The molecule has 2 heterocycles. The Kier molecular flexibility index (Phi) is 4.98. The van der Waals surface area contributed by atoms with Crippen molar-refractivity contribution in [2.24, 2.45) is 0 Å².